The number of carbonyl (C=O) groups excluding carboxylic acids is 1. The Kier molecular flexibility index (Phi) is 6.24. The normalized spacial score (nSPS) is 14.7. The van der Waals surface area contributed by atoms with Gasteiger partial charge >= 0.3 is 0 Å². The highest BCUT2D eigenvalue weighted by molar-refractivity contribution is 7.99. The highest BCUT2D eigenvalue weighted by Gasteiger charge is 2.27. The Morgan fingerprint density at radius 2 is 1.93 bits per heavy atom. The lowest BCUT2D eigenvalue weighted by molar-refractivity contribution is -0.116. The van der Waals surface area contributed by atoms with E-state index in [1.54, 1.807) is 28.8 Å². The Hall–Kier alpha value is -1.83. The number of benzene rings is 2. The monoisotopic (exact) mass is 404 g/mol. The maximum atomic E-state index is 13.2. The number of hydrogen-bond donors (Lipinski definition) is 0. The fourth-order valence-electron chi connectivity index (χ4n) is 3.15. The molecule has 0 saturated carbocycles. The molecule has 0 atom stereocenters. The largest absolute Gasteiger partial charge is 0.311 e. The molecule has 0 fully saturated rings. The fraction of sp³-hybridized carbons (Fsp3) is 0.350. The van der Waals surface area contributed by atoms with Crippen molar-refractivity contribution in [2.75, 3.05) is 23.7 Å². The van der Waals surface area contributed by atoms with Gasteiger partial charge in [-0.05, 0) is 35.9 Å². The number of carbonyl (C=O) groups is 1. The third-order valence-electron chi connectivity index (χ3n) is 4.58. The van der Waals surface area contributed by atoms with Gasteiger partial charge in [-0.3, -0.25) is 4.79 Å². The summed E-state index contributed by atoms with van der Waals surface area (Å²) in [6, 6.07) is 14.7. The van der Waals surface area contributed by atoms with E-state index in [4.69, 9.17) is 0 Å². The van der Waals surface area contributed by atoms with Crippen molar-refractivity contribution in [3.63, 3.8) is 0 Å². The van der Waals surface area contributed by atoms with Crippen molar-refractivity contribution in [2.24, 2.45) is 0 Å². The van der Waals surface area contributed by atoms with Gasteiger partial charge in [-0.2, -0.15) is 4.31 Å². The minimum absolute atomic E-state index is 0.0649. The summed E-state index contributed by atoms with van der Waals surface area (Å²) in [5.41, 5.74) is 1.64. The lowest BCUT2D eigenvalue weighted by atomic mass is 10.2. The number of fused-ring (bicyclic) bond motifs is 1. The van der Waals surface area contributed by atoms with Gasteiger partial charge in [0.25, 0.3) is 0 Å². The summed E-state index contributed by atoms with van der Waals surface area (Å²) in [4.78, 5) is 14.9. The zero-order chi connectivity index (χ0) is 19.4. The van der Waals surface area contributed by atoms with Crippen molar-refractivity contribution in [1.29, 1.82) is 0 Å². The predicted octanol–water partition coefficient (Wildman–Crippen LogP) is 3.75. The van der Waals surface area contributed by atoms with Crippen LogP contribution in [0.5, 0.6) is 0 Å². The quantitative estimate of drug-likeness (QED) is 0.762. The van der Waals surface area contributed by atoms with Crippen LogP contribution in [0.1, 0.15) is 25.8 Å². The first-order valence-corrected chi connectivity index (χ1v) is 11.4. The zero-order valence-corrected chi connectivity index (χ0v) is 17.2. The van der Waals surface area contributed by atoms with Crippen LogP contribution in [0.3, 0.4) is 0 Å². The van der Waals surface area contributed by atoms with Crippen LogP contribution < -0.4 is 4.90 Å². The van der Waals surface area contributed by atoms with Crippen LogP contribution >= 0.6 is 11.8 Å². The molecular formula is C20H24N2O3S2. The molecule has 0 saturated heterocycles. The van der Waals surface area contributed by atoms with E-state index in [2.05, 4.69) is 0 Å². The minimum atomic E-state index is -3.66. The lowest BCUT2D eigenvalue weighted by Crippen LogP contribution is -2.32. The molecular weight excluding hydrogens is 380 g/mol. The molecule has 144 valence electrons. The number of hydrogen-bond acceptors (Lipinski definition) is 4. The maximum Gasteiger partial charge on any atom is 0.243 e. The highest BCUT2D eigenvalue weighted by Crippen LogP contribution is 2.36. The van der Waals surface area contributed by atoms with Crippen molar-refractivity contribution in [3.05, 3.63) is 54.1 Å². The Morgan fingerprint density at radius 3 is 2.59 bits per heavy atom. The SMILES string of the molecule is CCN(Cc1ccccc1)S(=O)(=O)c1ccc2c(c1)N(C(C)=O)CCCS2. The van der Waals surface area contributed by atoms with E-state index in [0.29, 0.717) is 25.3 Å². The van der Waals surface area contributed by atoms with E-state index >= 15 is 0 Å². The summed E-state index contributed by atoms with van der Waals surface area (Å²) in [5.74, 6) is 0.850. The molecule has 1 aliphatic heterocycles. The van der Waals surface area contributed by atoms with Crippen LogP contribution in [0.25, 0.3) is 0 Å². The van der Waals surface area contributed by atoms with Crippen LogP contribution in [0, 0.1) is 0 Å². The second-order valence-electron chi connectivity index (χ2n) is 6.42. The number of sulfonamides is 1. The van der Waals surface area contributed by atoms with Crippen molar-refractivity contribution in [1.82, 2.24) is 4.31 Å². The number of rotatable bonds is 5. The molecule has 0 spiro atoms. The molecule has 1 amide bonds. The summed E-state index contributed by atoms with van der Waals surface area (Å²) in [7, 11) is -3.66. The maximum absolute atomic E-state index is 13.2. The van der Waals surface area contributed by atoms with E-state index in [0.717, 1.165) is 22.6 Å². The predicted molar refractivity (Wildman–Crippen MR) is 110 cm³/mol. The highest BCUT2D eigenvalue weighted by atomic mass is 32.2. The van der Waals surface area contributed by atoms with Gasteiger partial charge < -0.3 is 4.90 Å². The molecule has 2 aromatic carbocycles. The number of anilines is 1. The van der Waals surface area contributed by atoms with Crippen molar-refractivity contribution in [2.45, 2.75) is 36.6 Å². The minimum Gasteiger partial charge on any atom is -0.311 e. The molecule has 0 aromatic heterocycles. The fourth-order valence-corrected chi connectivity index (χ4v) is 5.58. The first-order chi connectivity index (χ1) is 12.9. The average molecular weight is 405 g/mol. The third-order valence-corrected chi connectivity index (χ3v) is 7.64. The molecule has 27 heavy (non-hydrogen) atoms. The number of nitrogens with zero attached hydrogens (tertiary/aromatic N) is 2. The van der Waals surface area contributed by atoms with Gasteiger partial charge in [0.2, 0.25) is 15.9 Å². The standard InChI is InChI=1S/C20H24N2O3S2/c1-3-21(15-17-8-5-4-6-9-17)27(24,25)18-10-11-20-19(14-18)22(16(2)23)12-7-13-26-20/h4-6,8-11,14H,3,7,12-13,15H2,1-2H3. The Labute approximate surface area is 165 Å². The van der Waals surface area contributed by atoms with E-state index in [9.17, 15) is 13.2 Å². The smallest absolute Gasteiger partial charge is 0.243 e. The summed E-state index contributed by atoms with van der Waals surface area (Å²) >= 11 is 1.66. The second kappa shape index (κ2) is 8.46. The molecule has 1 aliphatic rings. The Morgan fingerprint density at radius 1 is 1.19 bits per heavy atom. The molecule has 0 N–H and O–H groups in total. The zero-order valence-electron chi connectivity index (χ0n) is 15.6. The van der Waals surface area contributed by atoms with Crippen molar-refractivity contribution >= 4 is 33.4 Å². The molecule has 0 bridgehead atoms. The molecule has 5 nitrogen and oxygen atoms in total. The number of amides is 1. The summed E-state index contributed by atoms with van der Waals surface area (Å²) < 4.78 is 27.9. The Balaban J connectivity index is 1.97. The van der Waals surface area contributed by atoms with Crippen LogP contribution in [-0.2, 0) is 21.4 Å². The first kappa shape index (κ1) is 19.9. The van der Waals surface area contributed by atoms with Gasteiger partial charge in [0.05, 0.1) is 10.6 Å². The van der Waals surface area contributed by atoms with E-state index in [-0.39, 0.29) is 10.8 Å². The van der Waals surface area contributed by atoms with Gasteiger partial charge in [0.15, 0.2) is 0 Å². The van der Waals surface area contributed by atoms with Crippen LogP contribution in [0.15, 0.2) is 58.3 Å². The topological polar surface area (TPSA) is 57.7 Å². The van der Waals surface area contributed by atoms with Gasteiger partial charge in [0.1, 0.15) is 0 Å². The van der Waals surface area contributed by atoms with E-state index in [1.165, 1.54) is 11.2 Å². The molecule has 0 aliphatic carbocycles. The van der Waals surface area contributed by atoms with Gasteiger partial charge in [-0.15, -0.1) is 11.8 Å². The van der Waals surface area contributed by atoms with Gasteiger partial charge in [-0.1, -0.05) is 37.3 Å². The summed E-state index contributed by atoms with van der Waals surface area (Å²) in [6.07, 6.45) is 0.885. The van der Waals surface area contributed by atoms with Crippen LogP contribution in [0.2, 0.25) is 0 Å². The van der Waals surface area contributed by atoms with Crippen LogP contribution in [0.4, 0.5) is 5.69 Å². The average Bonchev–Trinajstić information content (AvgIpc) is 2.88. The first-order valence-electron chi connectivity index (χ1n) is 9.02. The van der Waals surface area contributed by atoms with Crippen molar-refractivity contribution < 1.29 is 13.2 Å². The van der Waals surface area contributed by atoms with Crippen LogP contribution in [-0.4, -0.2) is 37.5 Å². The molecule has 0 unspecified atom stereocenters. The lowest BCUT2D eigenvalue weighted by Gasteiger charge is -2.24. The Bertz CT molecular complexity index is 914. The van der Waals surface area contributed by atoms with E-state index in [1.807, 2.05) is 43.3 Å². The molecule has 0 radical (unpaired) electrons. The molecule has 2 aromatic rings. The van der Waals surface area contributed by atoms with Crippen molar-refractivity contribution in [3.8, 4) is 0 Å². The second-order valence-corrected chi connectivity index (χ2v) is 9.49. The van der Waals surface area contributed by atoms with E-state index < -0.39 is 10.0 Å². The number of thioether (sulfide) groups is 1. The molecule has 3 rings (SSSR count). The summed E-state index contributed by atoms with van der Waals surface area (Å²) in [5, 5.41) is 0. The molecule has 7 heteroatoms. The van der Waals surface area contributed by atoms with Gasteiger partial charge in [0, 0.05) is 31.5 Å². The third kappa shape index (κ3) is 4.36. The summed E-state index contributed by atoms with van der Waals surface area (Å²) in [6.45, 7) is 4.66. The van der Waals surface area contributed by atoms with Gasteiger partial charge in [-0.25, -0.2) is 8.42 Å². The molecule has 1 heterocycles.